The highest BCUT2D eigenvalue weighted by Gasteiger charge is 2.51. The van der Waals surface area contributed by atoms with Gasteiger partial charge in [0, 0.05) is 37.2 Å². The largest absolute Gasteiger partial charge is 0.310 e. The van der Waals surface area contributed by atoms with Crippen LogP contribution in [0.1, 0.15) is 33.4 Å². The number of benzene rings is 8. The number of hydrogen-bond acceptors (Lipinski definition) is 2. The lowest BCUT2D eigenvalue weighted by Crippen LogP contribution is -2.26. The van der Waals surface area contributed by atoms with Crippen LogP contribution in [-0.4, -0.2) is 0 Å². The monoisotopic (exact) mass is 677 g/mol. The zero-order valence-corrected chi connectivity index (χ0v) is 29.1. The van der Waals surface area contributed by atoms with Gasteiger partial charge in [-0.3, -0.25) is 0 Å². The van der Waals surface area contributed by atoms with E-state index in [1.54, 1.807) is 0 Å². The van der Waals surface area contributed by atoms with Gasteiger partial charge in [0.05, 0.1) is 5.41 Å². The van der Waals surface area contributed by atoms with Gasteiger partial charge in [0.2, 0.25) is 0 Å². The maximum atomic E-state index is 2.51. The van der Waals surface area contributed by atoms with Crippen molar-refractivity contribution in [3.8, 4) is 33.4 Å². The zero-order chi connectivity index (χ0) is 34.0. The van der Waals surface area contributed by atoms with E-state index in [-0.39, 0.29) is 0 Å². The predicted molar refractivity (Wildman–Crippen MR) is 219 cm³/mol. The Labute approximate surface area is 306 Å². The smallest absolute Gasteiger partial charge is 0.0726 e. The highest BCUT2D eigenvalue weighted by Crippen LogP contribution is 2.63. The Morgan fingerprint density at radius 2 is 0.885 bits per heavy atom. The molecule has 0 radical (unpaired) electrons. The third kappa shape index (κ3) is 3.67. The molecule has 8 aromatic carbocycles. The number of hydrogen-bond donors (Lipinski definition) is 0. The standard InChI is InChI=1S/C50H31NS/c1-2-12-36-31(11-1)27-32-21-22-33(28-42(32)36)51(34-24-26-49-43(29-34)41-16-6-10-20-48(41)52-49)35-23-25-40-39-15-5-9-19-46(39)50(47(40)30-35)44-17-7-3-13-37(44)38-14-4-8-18-45(38)50/h1-26,28-30H,27H2. The van der Waals surface area contributed by atoms with E-state index in [1.165, 1.54) is 98.3 Å². The minimum atomic E-state index is -0.398. The molecule has 1 spiro atoms. The van der Waals surface area contributed by atoms with Gasteiger partial charge in [0.25, 0.3) is 0 Å². The fraction of sp³-hybridized carbons (Fsp3) is 0.0400. The lowest BCUT2D eigenvalue weighted by atomic mass is 9.70. The van der Waals surface area contributed by atoms with E-state index in [9.17, 15) is 0 Å². The Morgan fingerprint density at radius 3 is 1.63 bits per heavy atom. The summed E-state index contributed by atoms with van der Waals surface area (Å²) in [5.74, 6) is 0. The first kappa shape index (κ1) is 28.5. The first-order valence-electron chi connectivity index (χ1n) is 18.1. The number of thiophene rings is 1. The van der Waals surface area contributed by atoms with Crippen molar-refractivity contribution >= 4 is 48.6 Å². The minimum Gasteiger partial charge on any atom is -0.310 e. The molecular formula is C50H31NS. The molecule has 2 heteroatoms. The van der Waals surface area contributed by atoms with E-state index < -0.39 is 5.41 Å². The Morgan fingerprint density at radius 1 is 0.365 bits per heavy atom. The number of nitrogens with zero attached hydrogens (tertiary/aromatic N) is 1. The van der Waals surface area contributed by atoms with Crippen LogP contribution in [0.2, 0.25) is 0 Å². The summed E-state index contributed by atoms with van der Waals surface area (Å²) in [7, 11) is 0. The van der Waals surface area contributed by atoms with Gasteiger partial charge >= 0.3 is 0 Å². The Kier molecular flexibility index (Phi) is 5.70. The van der Waals surface area contributed by atoms with Gasteiger partial charge in [-0.2, -0.15) is 0 Å². The Hall–Kier alpha value is -6.22. The first-order chi connectivity index (χ1) is 25.8. The van der Waals surface area contributed by atoms with E-state index in [0.717, 1.165) is 12.1 Å². The molecule has 0 saturated heterocycles. The van der Waals surface area contributed by atoms with Gasteiger partial charge < -0.3 is 4.90 Å². The van der Waals surface area contributed by atoms with Gasteiger partial charge in [-0.25, -0.2) is 0 Å². The second-order valence-corrected chi connectivity index (χ2v) is 15.5. The van der Waals surface area contributed by atoms with E-state index in [4.69, 9.17) is 0 Å². The van der Waals surface area contributed by atoms with Crippen molar-refractivity contribution in [2.45, 2.75) is 11.8 Å². The summed E-state index contributed by atoms with van der Waals surface area (Å²) in [5, 5.41) is 2.62. The Balaban J connectivity index is 1.14. The van der Waals surface area contributed by atoms with Crippen LogP contribution in [0.25, 0.3) is 53.6 Å². The van der Waals surface area contributed by atoms with Crippen LogP contribution in [0.4, 0.5) is 17.1 Å². The van der Waals surface area contributed by atoms with Crippen molar-refractivity contribution < 1.29 is 0 Å². The van der Waals surface area contributed by atoms with Crippen molar-refractivity contribution in [2.75, 3.05) is 4.90 Å². The van der Waals surface area contributed by atoms with Gasteiger partial charge in [-0.05, 0) is 122 Å². The summed E-state index contributed by atoms with van der Waals surface area (Å²) in [4.78, 5) is 2.50. The molecule has 9 aromatic rings. The van der Waals surface area contributed by atoms with E-state index in [2.05, 4.69) is 181 Å². The van der Waals surface area contributed by atoms with Crippen LogP contribution in [-0.2, 0) is 11.8 Å². The fourth-order valence-corrected chi connectivity index (χ4v) is 10.9. The summed E-state index contributed by atoms with van der Waals surface area (Å²) < 4.78 is 2.64. The normalized spacial score (nSPS) is 13.8. The molecule has 1 aromatic heterocycles. The Bertz CT molecular complexity index is 2900. The number of anilines is 3. The third-order valence-electron chi connectivity index (χ3n) is 11.9. The lowest BCUT2D eigenvalue weighted by molar-refractivity contribution is 0.793. The van der Waals surface area contributed by atoms with Crippen LogP contribution in [0.5, 0.6) is 0 Å². The van der Waals surface area contributed by atoms with Crippen LogP contribution in [0, 0.1) is 0 Å². The molecule has 0 fully saturated rings. The summed E-state index contributed by atoms with van der Waals surface area (Å²) in [6.45, 7) is 0. The molecule has 1 heterocycles. The van der Waals surface area contributed by atoms with Crippen molar-refractivity contribution in [3.05, 3.63) is 209 Å². The predicted octanol–water partition coefficient (Wildman–Crippen LogP) is 13.4. The van der Waals surface area contributed by atoms with E-state index >= 15 is 0 Å². The zero-order valence-electron chi connectivity index (χ0n) is 28.3. The minimum absolute atomic E-state index is 0.398. The van der Waals surface area contributed by atoms with E-state index in [1.807, 2.05) is 11.3 Å². The molecule has 0 bridgehead atoms. The summed E-state index contributed by atoms with van der Waals surface area (Å²) in [6, 6.07) is 66.3. The molecule has 242 valence electrons. The molecule has 0 saturated carbocycles. The molecule has 12 rings (SSSR count). The molecule has 52 heavy (non-hydrogen) atoms. The number of rotatable bonds is 3. The SMILES string of the molecule is c1ccc2c(c1)Cc1ccc(N(c3ccc4c(c3)C3(c5ccccc5-c5ccccc53)c3ccccc3-4)c3ccc4sc5ccccc5c4c3)cc1-2. The van der Waals surface area contributed by atoms with E-state index in [0.29, 0.717) is 0 Å². The molecular weight excluding hydrogens is 647 g/mol. The highest BCUT2D eigenvalue weighted by atomic mass is 32.1. The maximum Gasteiger partial charge on any atom is 0.0726 e. The molecule has 3 aliphatic carbocycles. The molecule has 0 aliphatic heterocycles. The average molecular weight is 678 g/mol. The molecule has 0 atom stereocenters. The summed E-state index contributed by atoms with van der Waals surface area (Å²) in [5.41, 5.74) is 19.3. The quantitative estimate of drug-likeness (QED) is 0.180. The average Bonchev–Trinajstić information content (AvgIpc) is 3.93. The third-order valence-corrected chi connectivity index (χ3v) is 13.0. The topological polar surface area (TPSA) is 3.24 Å². The number of fused-ring (bicyclic) bond motifs is 16. The van der Waals surface area contributed by atoms with Crippen LogP contribution in [0.3, 0.4) is 0 Å². The van der Waals surface area contributed by atoms with Gasteiger partial charge in [0.15, 0.2) is 0 Å². The summed E-state index contributed by atoms with van der Waals surface area (Å²) in [6.07, 6.45) is 0.983. The molecule has 0 N–H and O–H groups in total. The molecule has 1 nitrogen and oxygen atoms in total. The summed E-state index contributed by atoms with van der Waals surface area (Å²) >= 11 is 1.87. The molecule has 3 aliphatic rings. The lowest BCUT2D eigenvalue weighted by Gasteiger charge is -2.32. The van der Waals surface area contributed by atoms with Crippen molar-refractivity contribution in [1.82, 2.24) is 0 Å². The van der Waals surface area contributed by atoms with Gasteiger partial charge in [-0.15, -0.1) is 11.3 Å². The van der Waals surface area contributed by atoms with Crippen LogP contribution in [0.15, 0.2) is 176 Å². The van der Waals surface area contributed by atoms with Crippen molar-refractivity contribution in [1.29, 1.82) is 0 Å². The van der Waals surface area contributed by atoms with Crippen molar-refractivity contribution in [3.63, 3.8) is 0 Å². The molecule has 0 amide bonds. The van der Waals surface area contributed by atoms with Crippen molar-refractivity contribution in [2.24, 2.45) is 0 Å². The second kappa shape index (κ2) is 10.4. The maximum absolute atomic E-state index is 2.51. The fourth-order valence-electron chi connectivity index (χ4n) is 9.77. The molecule has 0 unspecified atom stereocenters. The first-order valence-corrected chi connectivity index (χ1v) is 19.0. The van der Waals surface area contributed by atoms with Crippen LogP contribution < -0.4 is 4.90 Å². The van der Waals surface area contributed by atoms with Crippen LogP contribution >= 0.6 is 11.3 Å². The highest BCUT2D eigenvalue weighted by molar-refractivity contribution is 7.25. The van der Waals surface area contributed by atoms with Gasteiger partial charge in [0.1, 0.15) is 0 Å². The van der Waals surface area contributed by atoms with Gasteiger partial charge in [-0.1, -0.05) is 127 Å². The second-order valence-electron chi connectivity index (χ2n) is 14.4.